The van der Waals surface area contributed by atoms with Crippen molar-refractivity contribution in [1.82, 2.24) is 9.88 Å². The molecule has 1 aromatic heterocycles. The average molecular weight is 357 g/mol. The normalized spacial score (nSPS) is 18.2. The van der Waals surface area contributed by atoms with Gasteiger partial charge in [0.15, 0.2) is 0 Å². The van der Waals surface area contributed by atoms with Crippen LogP contribution in [0.25, 0.3) is 10.9 Å². The van der Waals surface area contributed by atoms with Gasteiger partial charge >= 0.3 is 0 Å². The van der Waals surface area contributed by atoms with Crippen molar-refractivity contribution in [2.45, 2.75) is 39.5 Å². The van der Waals surface area contributed by atoms with E-state index in [0.29, 0.717) is 35.2 Å². The summed E-state index contributed by atoms with van der Waals surface area (Å²) in [6, 6.07) is 5.89. The number of halogens is 1. The number of carbonyl (C=O) groups is 2. The Morgan fingerprint density at radius 3 is 2.65 bits per heavy atom. The highest BCUT2D eigenvalue weighted by Crippen LogP contribution is 2.32. The summed E-state index contributed by atoms with van der Waals surface area (Å²) >= 11 is 0. The number of nitrogens with two attached hydrogens (primary N) is 1. The number of likely N-dealkylation sites (tertiary alicyclic amines) is 1. The maximum Gasteiger partial charge on any atom is 0.250 e. The fourth-order valence-electron chi connectivity index (χ4n) is 3.53. The molecule has 0 radical (unpaired) electrons. The van der Waals surface area contributed by atoms with Gasteiger partial charge in [-0.25, -0.2) is 4.39 Å². The molecule has 5 nitrogen and oxygen atoms in total. The van der Waals surface area contributed by atoms with E-state index in [2.05, 4.69) is 4.98 Å². The Morgan fingerprint density at radius 2 is 2.00 bits per heavy atom. The summed E-state index contributed by atoms with van der Waals surface area (Å²) in [5.74, 6) is -0.947. The molecule has 1 aliphatic heterocycles. The highest BCUT2D eigenvalue weighted by atomic mass is 19.1. The second kappa shape index (κ2) is 6.67. The second-order valence-electron chi connectivity index (χ2n) is 7.96. The lowest BCUT2D eigenvalue weighted by Gasteiger charge is -2.36. The van der Waals surface area contributed by atoms with Crippen LogP contribution in [0.3, 0.4) is 0 Å². The molecule has 2 aromatic rings. The smallest absolute Gasteiger partial charge is 0.250 e. The standard InChI is InChI=1S/C20H24FN3O2/c1-20(2,3)19(26)24-8-4-5-12(11-24)17-15(18(22)25)10-13-9-14(21)6-7-16(13)23-17/h6-7,9-10,12H,4-5,8,11H2,1-3H3,(H2,22,25). The lowest BCUT2D eigenvalue weighted by atomic mass is 9.88. The van der Waals surface area contributed by atoms with Gasteiger partial charge in [0.1, 0.15) is 5.82 Å². The Kier molecular flexibility index (Phi) is 4.69. The lowest BCUT2D eigenvalue weighted by molar-refractivity contribution is -0.140. The molecule has 1 atom stereocenters. The molecular weight excluding hydrogens is 333 g/mol. The van der Waals surface area contributed by atoms with E-state index in [4.69, 9.17) is 5.73 Å². The molecule has 3 rings (SSSR count). The molecule has 1 fully saturated rings. The zero-order chi connectivity index (χ0) is 19.1. The molecule has 2 N–H and O–H groups in total. The summed E-state index contributed by atoms with van der Waals surface area (Å²) in [5, 5.41) is 0.543. The highest BCUT2D eigenvalue weighted by molar-refractivity contribution is 5.98. The predicted molar refractivity (Wildman–Crippen MR) is 98.2 cm³/mol. The molecule has 138 valence electrons. The Labute approximate surface area is 152 Å². The Morgan fingerprint density at radius 1 is 1.27 bits per heavy atom. The van der Waals surface area contributed by atoms with Crippen molar-refractivity contribution in [3.05, 3.63) is 41.3 Å². The first-order valence-electron chi connectivity index (χ1n) is 8.86. The monoisotopic (exact) mass is 357 g/mol. The van der Waals surface area contributed by atoms with Crippen LogP contribution < -0.4 is 5.73 Å². The van der Waals surface area contributed by atoms with Crippen LogP contribution in [0.5, 0.6) is 0 Å². The summed E-state index contributed by atoms with van der Waals surface area (Å²) < 4.78 is 13.5. The number of pyridine rings is 1. The largest absolute Gasteiger partial charge is 0.366 e. The number of fused-ring (bicyclic) bond motifs is 1. The van der Waals surface area contributed by atoms with E-state index in [-0.39, 0.29) is 17.6 Å². The van der Waals surface area contributed by atoms with Gasteiger partial charge in [0.25, 0.3) is 5.91 Å². The van der Waals surface area contributed by atoms with Crippen LogP contribution in [-0.4, -0.2) is 34.8 Å². The molecule has 0 bridgehead atoms. The topological polar surface area (TPSA) is 76.3 Å². The van der Waals surface area contributed by atoms with E-state index in [0.717, 1.165) is 12.8 Å². The fraction of sp³-hybridized carbons (Fsp3) is 0.450. The number of amides is 2. The van der Waals surface area contributed by atoms with Gasteiger partial charge in [-0.15, -0.1) is 0 Å². The van der Waals surface area contributed by atoms with Crippen LogP contribution in [0.2, 0.25) is 0 Å². The number of primary amides is 1. The summed E-state index contributed by atoms with van der Waals surface area (Å²) in [6.45, 7) is 6.91. The van der Waals surface area contributed by atoms with E-state index >= 15 is 0 Å². The van der Waals surface area contributed by atoms with Gasteiger partial charge in [0.05, 0.1) is 16.8 Å². The fourth-order valence-corrected chi connectivity index (χ4v) is 3.53. The number of carbonyl (C=O) groups excluding carboxylic acids is 2. The predicted octanol–water partition coefficient (Wildman–Crippen LogP) is 3.22. The molecule has 1 aliphatic rings. The zero-order valence-electron chi connectivity index (χ0n) is 15.4. The summed E-state index contributed by atoms with van der Waals surface area (Å²) in [6.07, 6.45) is 1.67. The first kappa shape index (κ1) is 18.3. The third kappa shape index (κ3) is 3.54. The molecular formula is C20H24FN3O2. The van der Waals surface area contributed by atoms with Crippen LogP contribution in [0.4, 0.5) is 4.39 Å². The van der Waals surface area contributed by atoms with Gasteiger partial charge < -0.3 is 10.6 Å². The SMILES string of the molecule is CC(C)(C)C(=O)N1CCCC(c2nc3ccc(F)cc3cc2C(N)=O)C1. The van der Waals surface area contributed by atoms with Crippen LogP contribution >= 0.6 is 0 Å². The molecule has 2 heterocycles. The molecule has 0 aliphatic carbocycles. The van der Waals surface area contributed by atoms with E-state index in [1.54, 1.807) is 12.1 Å². The number of benzene rings is 1. The van der Waals surface area contributed by atoms with E-state index in [9.17, 15) is 14.0 Å². The number of nitrogens with zero attached hydrogens (tertiary/aromatic N) is 2. The first-order chi connectivity index (χ1) is 12.2. The minimum Gasteiger partial charge on any atom is -0.366 e. The van der Waals surface area contributed by atoms with Crippen LogP contribution in [0.1, 0.15) is 55.6 Å². The molecule has 6 heteroatoms. The highest BCUT2D eigenvalue weighted by Gasteiger charge is 2.33. The Hall–Kier alpha value is -2.50. The Balaban J connectivity index is 2.00. The van der Waals surface area contributed by atoms with Gasteiger partial charge in [-0.2, -0.15) is 0 Å². The van der Waals surface area contributed by atoms with Crippen molar-refractivity contribution >= 4 is 22.7 Å². The molecule has 0 saturated carbocycles. The first-order valence-corrected chi connectivity index (χ1v) is 8.86. The van der Waals surface area contributed by atoms with Crippen molar-refractivity contribution in [3.63, 3.8) is 0 Å². The summed E-state index contributed by atoms with van der Waals surface area (Å²) in [7, 11) is 0. The van der Waals surface area contributed by atoms with Crippen molar-refractivity contribution in [1.29, 1.82) is 0 Å². The third-order valence-electron chi connectivity index (χ3n) is 4.81. The Bertz CT molecular complexity index is 873. The molecule has 2 amide bonds. The zero-order valence-corrected chi connectivity index (χ0v) is 15.4. The summed E-state index contributed by atoms with van der Waals surface area (Å²) in [5.41, 5.74) is 6.63. The lowest BCUT2D eigenvalue weighted by Crippen LogP contribution is -2.45. The molecule has 1 aromatic carbocycles. The summed E-state index contributed by atoms with van der Waals surface area (Å²) in [4.78, 5) is 31.1. The van der Waals surface area contributed by atoms with E-state index < -0.39 is 11.3 Å². The van der Waals surface area contributed by atoms with Crippen LogP contribution in [-0.2, 0) is 4.79 Å². The quantitative estimate of drug-likeness (QED) is 0.896. The number of hydrogen-bond acceptors (Lipinski definition) is 3. The molecule has 1 unspecified atom stereocenters. The van der Waals surface area contributed by atoms with Crippen LogP contribution in [0.15, 0.2) is 24.3 Å². The molecule has 1 saturated heterocycles. The minimum absolute atomic E-state index is 0.0630. The van der Waals surface area contributed by atoms with E-state index in [1.807, 2.05) is 25.7 Å². The van der Waals surface area contributed by atoms with Crippen molar-refractivity contribution in [3.8, 4) is 0 Å². The van der Waals surface area contributed by atoms with Crippen molar-refractivity contribution < 1.29 is 14.0 Å². The average Bonchev–Trinajstić information content (AvgIpc) is 2.59. The molecule has 26 heavy (non-hydrogen) atoms. The van der Waals surface area contributed by atoms with Gasteiger partial charge in [-0.1, -0.05) is 20.8 Å². The van der Waals surface area contributed by atoms with Crippen molar-refractivity contribution in [2.24, 2.45) is 11.1 Å². The number of rotatable bonds is 2. The maximum atomic E-state index is 13.5. The number of hydrogen-bond donors (Lipinski definition) is 1. The molecule has 0 spiro atoms. The number of piperidine rings is 1. The van der Waals surface area contributed by atoms with Gasteiger partial charge in [0.2, 0.25) is 5.91 Å². The third-order valence-corrected chi connectivity index (χ3v) is 4.81. The van der Waals surface area contributed by atoms with Crippen LogP contribution in [0, 0.1) is 11.2 Å². The van der Waals surface area contributed by atoms with Gasteiger partial charge in [-0.3, -0.25) is 14.6 Å². The van der Waals surface area contributed by atoms with Gasteiger partial charge in [0, 0.05) is 29.8 Å². The maximum absolute atomic E-state index is 13.5. The van der Waals surface area contributed by atoms with Gasteiger partial charge in [-0.05, 0) is 37.1 Å². The minimum atomic E-state index is -0.585. The second-order valence-corrected chi connectivity index (χ2v) is 7.96. The number of aromatic nitrogens is 1. The van der Waals surface area contributed by atoms with E-state index in [1.165, 1.54) is 12.1 Å². The van der Waals surface area contributed by atoms with Crippen molar-refractivity contribution in [2.75, 3.05) is 13.1 Å².